The van der Waals surface area contributed by atoms with Gasteiger partial charge in [0, 0.05) is 12.6 Å². The van der Waals surface area contributed by atoms with Crippen molar-refractivity contribution in [1.82, 2.24) is 15.1 Å². The molecule has 0 unspecified atom stereocenters. The molecule has 0 radical (unpaired) electrons. The number of benzene rings is 2. The fraction of sp³-hybridized carbons (Fsp3) is 0.412. The van der Waals surface area contributed by atoms with Gasteiger partial charge < -0.3 is 18.9 Å². The molecule has 2 aliphatic rings. The average Bonchev–Trinajstić information content (AvgIpc) is 3.53. The molecule has 2 aliphatic heterocycles. The molecule has 4 rings (SSSR count). The Morgan fingerprint density at radius 3 is 2.11 bits per heavy atom. The Kier molecular flexibility index (Phi) is 11.0. The van der Waals surface area contributed by atoms with E-state index in [1.165, 1.54) is 18.1 Å². The van der Waals surface area contributed by atoms with Gasteiger partial charge in [-0.2, -0.15) is 0 Å². The quantitative estimate of drug-likeness (QED) is 0.171. The van der Waals surface area contributed by atoms with Crippen LogP contribution in [0.2, 0.25) is 0 Å². The number of nitrogens with zero attached hydrogens (tertiary/aromatic N) is 2. The summed E-state index contributed by atoms with van der Waals surface area (Å²) in [4.78, 5) is 80.3. The van der Waals surface area contributed by atoms with Crippen LogP contribution in [0.3, 0.4) is 0 Å². The number of likely N-dealkylation sites (tertiary alicyclic amines) is 1. The second-order valence-electron chi connectivity index (χ2n) is 12.1. The molecule has 3 atom stereocenters. The molecule has 1 saturated heterocycles. The first-order chi connectivity index (χ1) is 22.3. The van der Waals surface area contributed by atoms with Crippen LogP contribution in [0.25, 0.3) is 0 Å². The van der Waals surface area contributed by atoms with E-state index in [-0.39, 0.29) is 38.1 Å². The van der Waals surface area contributed by atoms with Gasteiger partial charge >= 0.3 is 24.1 Å². The molecule has 0 spiro atoms. The van der Waals surface area contributed by atoms with Crippen molar-refractivity contribution < 1.29 is 47.7 Å². The summed E-state index contributed by atoms with van der Waals surface area (Å²) in [7, 11) is 2.35. The Morgan fingerprint density at radius 1 is 0.915 bits per heavy atom. The monoisotopic (exact) mass is 649 g/mol. The van der Waals surface area contributed by atoms with Gasteiger partial charge in [0.25, 0.3) is 11.8 Å². The van der Waals surface area contributed by atoms with Crippen molar-refractivity contribution in [2.45, 2.75) is 64.3 Å². The lowest BCUT2D eigenvalue weighted by molar-refractivity contribution is -0.147. The van der Waals surface area contributed by atoms with Crippen molar-refractivity contribution in [1.29, 1.82) is 0 Å². The van der Waals surface area contributed by atoms with Gasteiger partial charge in [0.15, 0.2) is 0 Å². The lowest BCUT2D eigenvalue weighted by atomic mass is 9.94. The summed E-state index contributed by atoms with van der Waals surface area (Å²) in [6.45, 7) is 5.01. The molecule has 13 heteroatoms. The van der Waals surface area contributed by atoms with E-state index in [0.29, 0.717) is 11.1 Å². The van der Waals surface area contributed by atoms with Gasteiger partial charge in [-0.05, 0) is 63.6 Å². The molecule has 0 aromatic heterocycles. The molecule has 0 aliphatic carbocycles. The average molecular weight is 650 g/mol. The summed E-state index contributed by atoms with van der Waals surface area (Å²) in [6, 6.07) is 13.7. The predicted octanol–water partition coefficient (Wildman–Crippen LogP) is 4.21. The van der Waals surface area contributed by atoms with Crippen LogP contribution in [0.5, 0.6) is 0 Å². The Bertz CT molecular complexity index is 1510. The normalized spacial score (nSPS) is 19.3. The first-order valence-corrected chi connectivity index (χ1v) is 15.1. The van der Waals surface area contributed by atoms with Crippen LogP contribution in [-0.2, 0) is 35.1 Å². The van der Waals surface area contributed by atoms with Crippen LogP contribution < -0.4 is 5.32 Å². The number of fused-ring (bicyclic) bond motifs is 1. The maximum absolute atomic E-state index is 13.6. The van der Waals surface area contributed by atoms with Crippen molar-refractivity contribution >= 4 is 35.9 Å². The molecule has 250 valence electrons. The Labute approximate surface area is 272 Å². The molecule has 2 aromatic rings. The zero-order valence-electron chi connectivity index (χ0n) is 27.0. The molecule has 0 bridgehead atoms. The minimum absolute atomic E-state index is 0.000345. The predicted molar refractivity (Wildman–Crippen MR) is 167 cm³/mol. The molecule has 2 aromatic carbocycles. The van der Waals surface area contributed by atoms with Crippen LogP contribution in [0.1, 0.15) is 66.3 Å². The van der Waals surface area contributed by atoms with E-state index in [0.717, 1.165) is 17.6 Å². The van der Waals surface area contributed by atoms with E-state index in [1.807, 2.05) is 6.07 Å². The highest BCUT2D eigenvalue weighted by Gasteiger charge is 2.49. The van der Waals surface area contributed by atoms with E-state index in [9.17, 15) is 28.8 Å². The van der Waals surface area contributed by atoms with Crippen molar-refractivity contribution in [3.63, 3.8) is 0 Å². The standard InChI is InChI=1S/C34H39N3O10/c1-34(2,3)47-33(43)37-23(15-16-26(30(40)44-4)35-32(42)46-20-21-11-7-6-8-12-21)19-22(27(37)31(41)45-5)17-18-36-28(38)24-13-9-10-14-25(24)29(36)39/h6-14,16,22-23,27H,15,17-20H2,1-5H3,(H,35,42)/b26-16-/t22-,23-,27-/m0/s1. The van der Waals surface area contributed by atoms with Crippen molar-refractivity contribution in [2.75, 3.05) is 20.8 Å². The van der Waals surface area contributed by atoms with E-state index in [1.54, 1.807) is 69.3 Å². The fourth-order valence-electron chi connectivity index (χ4n) is 5.69. The Morgan fingerprint density at radius 2 is 1.53 bits per heavy atom. The molecule has 0 saturated carbocycles. The zero-order chi connectivity index (χ0) is 34.3. The lowest BCUT2D eigenvalue weighted by Gasteiger charge is -2.32. The molecule has 2 heterocycles. The van der Waals surface area contributed by atoms with Gasteiger partial charge in [0.05, 0.1) is 25.3 Å². The molecule has 13 nitrogen and oxygen atoms in total. The van der Waals surface area contributed by atoms with Crippen LogP contribution in [0.4, 0.5) is 9.59 Å². The number of carbonyl (C=O) groups excluding carboxylic acids is 6. The number of carbonyl (C=O) groups is 6. The molecular weight excluding hydrogens is 610 g/mol. The number of amides is 4. The van der Waals surface area contributed by atoms with Crippen molar-refractivity contribution in [3.8, 4) is 0 Å². The maximum Gasteiger partial charge on any atom is 0.412 e. The number of methoxy groups -OCH3 is 2. The van der Waals surface area contributed by atoms with Gasteiger partial charge in [0.2, 0.25) is 0 Å². The Balaban J connectivity index is 1.56. The smallest absolute Gasteiger partial charge is 0.412 e. The third-order valence-electron chi connectivity index (χ3n) is 7.81. The van der Waals surface area contributed by atoms with Crippen LogP contribution >= 0.6 is 0 Å². The van der Waals surface area contributed by atoms with Crippen LogP contribution in [-0.4, -0.2) is 84.2 Å². The van der Waals surface area contributed by atoms with Gasteiger partial charge in [-0.1, -0.05) is 48.5 Å². The maximum atomic E-state index is 13.6. The number of hydrogen-bond donors (Lipinski definition) is 1. The minimum Gasteiger partial charge on any atom is -0.467 e. The summed E-state index contributed by atoms with van der Waals surface area (Å²) in [5.74, 6) is -2.98. The number of imide groups is 1. The molecule has 1 fully saturated rings. The zero-order valence-corrected chi connectivity index (χ0v) is 27.0. The number of alkyl carbamates (subject to hydrolysis) is 1. The second kappa shape index (κ2) is 14.9. The number of hydrogen-bond acceptors (Lipinski definition) is 10. The molecule has 1 N–H and O–H groups in total. The summed E-state index contributed by atoms with van der Waals surface area (Å²) in [6.07, 6.45) is 0.110. The van der Waals surface area contributed by atoms with Gasteiger partial charge in [0.1, 0.15) is 23.9 Å². The van der Waals surface area contributed by atoms with E-state index >= 15 is 0 Å². The largest absolute Gasteiger partial charge is 0.467 e. The highest BCUT2D eigenvalue weighted by Crippen LogP contribution is 2.37. The molecular formula is C34H39N3O10. The number of rotatable bonds is 10. The summed E-state index contributed by atoms with van der Waals surface area (Å²) >= 11 is 0. The highest BCUT2D eigenvalue weighted by molar-refractivity contribution is 6.21. The first-order valence-electron chi connectivity index (χ1n) is 15.1. The first kappa shape index (κ1) is 34.7. The third kappa shape index (κ3) is 8.34. The highest BCUT2D eigenvalue weighted by atomic mass is 16.6. The topological polar surface area (TPSA) is 158 Å². The van der Waals surface area contributed by atoms with Gasteiger partial charge in [-0.15, -0.1) is 0 Å². The van der Waals surface area contributed by atoms with Gasteiger partial charge in [-0.3, -0.25) is 24.7 Å². The SMILES string of the molecule is COC(=O)/C(=C/C[C@H]1C[C@H](CCN2C(=O)c3ccccc3C2=O)[C@@H](C(=O)OC)N1C(=O)OC(C)(C)C)NC(=O)OCc1ccccc1. The van der Waals surface area contributed by atoms with Gasteiger partial charge in [-0.25, -0.2) is 19.2 Å². The van der Waals surface area contributed by atoms with Crippen molar-refractivity contribution in [2.24, 2.45) is 5.92 Å². The van der Waals surface area contributed by atoms with E-state index in [4.69, 9.17) is 18.9 Å². The van der Waals surface area contributed by atoms with Crippen LogP contribution in [0, 0.1) is 5.92 Å². The van der Waals surface area contributed by atoms with E-state index in [2.05, 4.69) is 5.32 Å². The van der Waals surface area contributed by atoms with Crippen LogP contribution in [0.15, 0.2) is 66.4 Å². The summed E-state index contributed by atoms with van der Waals surface area (Å²) in [5, 5.41) is 2.40. The number of esters is 2. The summed E-state index contributed by atoms with van der Waals surface area (Å²) < 4.78 is 20.8. The summed E-state index contributed by atoms with van der Waals surface area (Å²) in [5.41, 5.74) is 0.219. The second-order valence-corrected chi connectivity index (χ2v) is 12.1. The number of nitrogens with one attached hydrogen (secondary N) is 1. The van der Waals surface area contributed by atoms with E-state index < -0.39 is 59.5 Å². The van der Waals surface area contributed by atoms with Crippen molar-refractivity contribution in [3.05, 3.63) is 83.1 Å². The lowest BCUT2D eigenvalue weighted by Crippen LogP contribution is -2.49. The third-order valence-corrected chi connectivity index (χ3v) is 7.81. The number of ether oxygens (including phenoxy) is 4. The minimum atomic E-state index is -1.12. The molecule has 47 heavy (non-hydrogen) atoms. The Hall–Kier alpha value is -5.20. The molecule has 4 amide bonds. The fourth-order valence-corrected chi connectivity index (χ4v) is 5.69.